The van der Waals surface area contributed by atoms with E-state index in [9.17, 15) is 27.7 Å². The van der Waals surface area contributed by atoms with E-state index in [0.29, 0.717) is 28.2 Å². The van der Waals surface area contributed by atoms with Gasteiger partial charge in [-0.2, -0.15) is 0 Å². The molecule has 3 rings (SSSR count). The van der Waals surface area contributed by atoms with Crippen molar-refractivity contribution in [1.82, 2.24) is 9.88 Å². The van der Waals surface area contributed by atoms with E-state index in [4.69, 9.17) is 5.14 Å². The molecular weight excluding hydrogens is 455 g/mol. The number of hydrogen-bond donors (Lipinski definition) is 2. The number of sulfonamides is 1. The van der Waals surface area contributed by atoms with Gasteiger partial charge in [-0.15, -0.1) is 10.1 Å². The van der Waals surface area contributed by atoms with Crippen molar-refractivity contribution in [2.75, 3.05) is 13.2 Å². The zero-order valence-corrected chi connectivity index (χ0v) is 18.3. The molecule has 3 N–H and O–H groups in total. The number of halogens is 1. The molecule has 1 aromatic heterocycles. The first-order valence-corrected chi connectivity index (χ1v) is 11.3. The summed E-state index contributed by atoms with van der Waals surface area (Å²) in [5.74, 6) is -0.767. The fourth-order valence-corrected chi connectivity index (χ4v) is 3.85. The number of aromatic nitrogens is 1. The van der Waals surface area contributed by atoms with Gasteiger partial charge in [0.2, 0.25) is 15.9 Å². The van der Waals surface area contributed by atoms with Gasteiger partial charge in [0.25, 0.3) is 5.09 Å². The molecule has 33 heavy (non-hydrogen) atoms. The second-order valence-corrected chi connectivity index (χ2v) is 8.67. The van der Waals surface area contributed by atoms with E-state index in [-0.39, 0.29) is 30.4 Å². The number of nitrogens with zero attached hydrogens (tertiary/aromatic N) is 2. The number of benzene rings is 2. The summed E-state index contributed by atoms with van der Waals surface area (Å²) >= 11 is 0. The predicted molar refractivity (Wildman–Crippen MR) is 117 cm³/mol. The Labute approximate surface area is 188 Å². The molecule has 0 bridgehead atoms. The molecule has 0 spiro atoms. The minimum Gasteiger partial charge on any atom is -0.354 e. The Bertz CT molecular complexity index is 1270. The van der Waals surface area contributed by atoms with Crippen molar-refractivity contribution in [3.8, 4) is 16.9 Å². The molecule has 0 fully saturated rings. The first-order valence-electron chi connectivity index (χ1n) is 9.70. The molecule has 0 saturated carbocycles. The molecule has 0 aliphatic rings. The Hall–Kier alpha value is -3.77. The molecule has 10 nitrogen and oxygen atoms in total. The number of nitrogens with one attached hydrogen (secondary N) is 1. The van der Waals surface area contributed by atoms with Crippen LogP contribution in [0.5, 0.6) is 0 Å². The van der Waals surface area contributed by atoms with Gasteiger partial charge in [-0.1, -0.05) is 12.1 Å². The minimum absolute atomic E-state index is 0.0131. The van der Waals surface area contributed by atoms with Crippen LogP contribution in [0.4, 0.5) is 4.39 Å². The molecule has 0 saturated heterocycles. The van der Waals surface area contributed by atoms with Crippen molar-refractivity contribution < 1.29 is 27.5 Å². The zero-order chi connectivity index (χ0) is 24.2. The van der Waals surface area contributed by atoms with E-state index in [1.54, 1.807) is 37.3 Å². The average Bonchev–Trinajstić information content (AvgIpc) is 3.07. The number of carbonyl (C=O) groups is 1. The van der Waals surface area contributed by atoms with Crippen LogP contribution in [0.15, 0.2) is 59.5 Å². The smallest absolute Gasteiger partial charge is 0.294 e. The van der Waals surface area contributed by atoms with Gasteiger partial charge in [-0.25, -0.2) is 17.9 Å². The molecule has 0 aliphatic heterocycles. The second-order valence-electron chi connectivity index (χ2n) is 7.11. The molecule has 2 aromatic carbocycles. The van der Waals surface area contributed by atoms with Gasteiger partial charge in [0.05, 0.1) is 17.0 Å². The minimum atomic E-state index is -3.86. The number of nitrogens with two attached hydrogens (primary N) is 1. The fraction of sp³-hybridized carbons (Fsp3) is 0.190. The van der Waals surface area contributed by atoms with E-state index in [0.717, 1.165) is 0 Å². The lowest BCUT2D eigenvalue weighted by Gasteiger charge is -2.13. The molecular formula is C21H21FN4O6S. The third kappa shape index (κ3) is 5.93. The van der Waals surface area contributed by atoms with E-state index in [1.165, 1.54) is 24.3 Å². The lowest BCUT2D eigenvalue weighted by Crippen LogP contribution is -2.29. The molecule has 0 unspecified atom stereocenters. The first-order chi connectivity index (χ1) is 15.6. The third-order valence-corrected chi connectivity index (χ3v) is 5.82. The molecule has 0 radical (unpaired) electrons. The summed E-state index contributed by atoms with van der Waals surface area (Å²) in [5.41, 5.74) is 3.33. The van der Waals surface area contributed by atoms with Crippen LogP contribution in [0, 0.1) is 22.9 Å². The van der Waals surface area contributed by atoms with Crippen LogP contribution in [0.3, 0.4) is 0 Å². The SMILES string of the molecule is Cc1c(CC(=O)NCCO[N+](=O)[O-])cc(-c2ccc(S(N)(=O)=O)cc2)n1-c1ccc(F)cc1. The molecule has 174 valence electrons. The molecule has 1 amide bonds. The highest BCUT2D eigenvalue weighted by atomic mass is 32.2. The van der Waals surface area contributed by atoms with E-state index in [1.807, 2.05) is 4.57 Å². The van der Waals surface area contributed by atoms with Crippen LogP contribution < -0.4 is 10.5 Å². The van der Waals surface area contributed by atoms with Crippen LogP contribution in [0.1, 0.15) is 11.3 Å². The first kappa shape index (κ1) is 23.9. The quantitative estimate of drug-likeness (QED) is 0.275. The number of amides is 1. The van der Waals surface area contributed by atoms with Gasteiger partial charge in [0.15, 0.2) is 0 Å². The van der Waals surface area contributed by atoms with Gasteiger partial charge in [-0.05, 0) is 60.5 Å². The van der Waals surface area contributed by atoms with Crippen molar-refractivity contribution in [3.63, 3.8) is 0 Å². The van der Waals surface area contributed by atoms with Gasteiger partial charge in [0.1, 0.15) is 12.4 Å². The second kappa shape index (κ2) is 9.79. The maximum Gasteiger partial charge on any atom is 0.294 e. The highest BCUT2D eigenvalue weighted by Gasteiger charge is 2.18. The molecule has 12 heteroatoms. The Balaban J connectivity index is 1.95. The summed E-state index contributed by atoms with van der Waals surface area (Å²) in [6.45, 7) is 1.50. The van der Waals surface area contributed by atoms with E-state index >= 15 is 0 Å². The van der Waals surface area contributed by atoms with Crippen molar-refractivity contribution >= 4 is 15.9 Å². The highest BCUT2D eigenvalue weighted by molar-refractivity contribution is 7.89. The molecule has 1 heterocycles. The number of hydrogen-bond acceptors (Lipinski definition) is 6. The van der Waals surface area contributed by atoms with Crippen molar-refractivity contribution in [1.29, 1.82) is 0 Å². The van der Waals surface area contributed by atoms with Crippen LogP contribution in [0.2, 0.25) is 0 Å². The summed E-state index contributed by atoms with van der Waals surface area (Å²) in [5, 5.41) is 17.0. The summed E-state index contributed by atoms with van der Waals surface area (Å²) in [6.07, 6.45) is -0.0131. The van der Waals surface area contributed by atoms with Gasteiger partial charge < -0.3 is 14.7 Å². The number of primary sulfonamides is 1. The van der Waals surface area contributed by atoms with Crippen LogP contribution in [-0.4, -0.2) is 37.1 Å². The van der Waals surface area contributed by atoms with Gasteiger partial charge in [0, 0.05) is 17.9 Å². The predicted octanol–water partition coefficient (Wildman–Crippen LogP) is 2.11. The van der Waals surface area contributed by atoms with E-state index < -0.39 is 20.9 Å². The summed E-state index contributed by atoms with van der Waals surface area (Å²) < 4.78 is 38.4. The number of carbonyl (C=O) groups excluding carboxylic acids is 1. The summed E-state index contributed by atoms with van der Waals surface area (Å²) in [4.78, 5) is 26.6. The number of rotatable bonds is 9. The van der Waals surface area contributed by atoms with Gasteiger partial charge in [-0.3, -0.25) is 4.79 Å². The monoisotopic (exact) mass is 476 g/mol. The Kier molecular flexibility index (Phi) is 7.09. The topological polar surface area (TPSA) is 147 Å². The molecule has 0 atom stereocenters. The van der Waals surface area contributed by atoms with E-state index in [2.05, 4.69) is 10.2 Å². The molecule has 3 aromatic rings. The summed E-state index contributed by atoms with van der Waals surface area (Å²) in [7, 11) is -3.86. The van der Waals surface area contributed by atoms with Crippen LogP contribution >= 0.6 is 0 Å². The van der Waals surface area contributed by atoms with Gasteiger partial charge >= 0.3 is 0 Å². The lowest BCUT2D eigenvalue weighted by atomic mass is 10.1. The van der Waals surface area contributed by atoms with Crippen molar-refractivity contribution in [2.45, 2.75) is 18.2 Å². The third-order valence-electron chi connectivity index (χ3n) is 4.89. The maximum atomic E-state index is 13.5. The standard InChI is InChI=1S/C21H21FN4O6S/c1-14-16(13-21(27)24-10-11-32-26(28)29)12-20(25(14)18-6-4-17(22)5-7-18)15-2-8-19(9-3-15)33(23,30)31/h2-9,12H,10-11,13H2,1H3,(H,24,27)(H2,23,30,31). The average molecular weight is 476 g/mol. The lowest BCUT2D eigenvalue weighted by molar-refractivity contribution is -0.757. The normalized spacial score (nSPS) is 11.2. The Morgan fingerprint density at radius 1 is 1.18 bits per heavy atom. The summed E-state index contributed by atoms with van der Waals surface area (Å²) in [6, 6.07) is 13.5. The van der Waals surface area contributed by atoms with Crippen molar-refractivity contribution in [2.24, 2.45) is 5.14 Å². The zero-order valence-electron chi connectivity index (χ0n) is 17.5. The highest BCUT2D eigenvalue weighted by Crippen LogP contribution is 2.30. The van der Waals surface area contributed by atoms with Crippen LogP contribution in [0.25, 0.3) is 16.9 Å². The fourth-order valence-electron chi connectivity index (χ4n) is 3.33. The van der Waals surface area contributed by atoms with Crippen molar-refractivity contribution in [3.05, 3.63) is 81.8 Å². The molecule has 0 aliphatic carbocycles. The maximum absolute atomic E-state index is 13.5. The Morgan fingerprint density at radius 3 is 2.39 bits per heavy atom. The Morgan fingerprint density at radius 2 is 1.82 bits per heavy atom. The van der Waals surface area contributed by atoms with Crippen LogP contribution in [-0.2, 0) is 26.1 Å². The largest absolute Gasteiger partial charge is 0.354 e.